The summed E-state index contributed by atoms with van der Waals surface area (Å²) in [5, 5.41) is 0. The van der Waals surface area contributed by atoms with Gasteiger partial charge in [0.05, 0.1) is 6.61 Å². The van der Waals surface area contributed by atoms with E-state index in [2.05, 4.69) is 0 Å². The first-order valence-corrected chi connectivity index (χ1v) is 5.01. The van der Waals surface area contributed by atoms with Gasteiger partial charge in [-0.1, -0.05) is 0 Å². The van der Waals surface area contributed by atoms with Crippen molar-refractivity contribution in [3.63, 3.8) is 0 Å². The molecule has 0 spiro atoms. The maximum Gasteiger partial charge on any atom is 0.186 e. The number of ether oxygens (including phenoxy) is 6. The molecule has 6 nitrogen and oxygen atoms in total. The van der Waals surface area contributed by atoms with Crippen molar-refractivity contribution in [3.05, 3.63) is 0 Å². The normalized spacial score (nSPS) is 49.8. The highest BCUT2D eigenvalue weighted by Gasteiger charge is 2.52. The molecule has 0 aliphatic carbocycles. The van der Waals surface area contributed by atoms with Crippen LogP contribution in [0.1, 0.15) is 0 Å². The van der Waals surface area contributed by atoms with Crippen LogP contribution in [0.4, 0.5) is 0 Å². The summed E-state index contributed by atoms with van der Waals surface area (Å²) in [5.41, 5.74) is 0. The van der Waals surface area contributed by atoms with Gasteiger partial charge in [-0.15, -0.1) is 0 Å². The topological polar surface area (TPSA) is 55.4 Å². The van der Waals surface area contributed by atoms with Crippen LogP contribution in [-0.2, 0) is 28.4 Å². The zero-order valence-corrected chi connectivity index (χ0v) is 8.46. The molecule has 3 fully saturated rings. The van der Waals surface area contributed by atoms with Crippen molar-refractivity contribution in [3.8, 4) is 0 Å². The Morgan fingerprint density at radius 1 is 1.00 bits per heavy atom. The smallest absolute Gasteiger partial charge is 0.186 e. The number of hydrogen-bond donors (Lipinski definition) is 0. The Morgan fingerprint density at radius 2 is 1.80 bits per heavy atom. The maximum atomic E-state index is 5.68. The molecule has 0 radical (unpaired) electrons. The quantitative estimate of drug-likeness (QED) is 0.590. The molecule has 15 heavy (non-hydrogen) atoms. The molecule has 3 heterocycles. The highest BCUT2D eigenvalue weighted by Crippen LogP contribution is 2.33. The van der Waals surface area contributed by atoms with Gasteiger partial charge < -0.3 is 28.4 Å². The summed E-state index contributed by atoms with van der Waals surface area (Å²) in [4.78, 5) is 0. The van der Waals surface area contributed by atoms with Gasteiger partial charge in [0.25, 0.3) is 0 Å². The molecular formula is C9H14O6. The van der Waals surface area contributed by atoms with Crippen LogP contribution >= 0.6 is 0 Å². The summed E-state index contributed by atoms with van der Waals surface area (Å²) in [5.74, 6) is 0. The highest BCUT2D eigenvalue weighted by atomic mass is 16.8. The minimum absolute atomic E-state index is 0.113. The van der Waals surface area contributed by atoms with Crippen molar-refractivity contribution < 1.29 is 28.4 Å². The molecule has 0 saturated carbocycles. The second-order valence-corrected chi connectivity index (χ2v) is 3.78. The molecule has 3 saturated heterocycles. The van der Waals surface area contributed by atoms with Gasteiger partial charge in [0.1, 0.15) is 38.0 Å². The van der Waals surface area contributed by atoms with Gasteiger partial charge in [0.2, 0.25) is 0 Å². The van der Waals surface area contributed by atoms with Crippen LogP contribution in [0, 0.1) is 0 Å². The predicted octanol–water partition coefficient (Wildman–Crippen LogP) is -0.528. The first-order chi connectivity index (χ1) is 7.40. The SMILES string of the molecule is COC1OC2COCOC2C2OCOC12. The fourth-order valence-electron chi connectivity index (χ4n) is 2.26. The lowest BCUT2D eigenvalue weighted by molar-refractivity contribution is -0.316. The maximum absolute atomic E-state index is 5.68. The van der Waals surface area contributed by atoms with Crippen molar-refractivity contribution in [1.29, 1.82) is 0 Å². The van der Waals surface area contributed by atoms with Crippen LogP contribution in [0.2, 0.25) is 0 Å². The summed E-state index contributed by atoms with van der Waals surface area (Å²) < 4.78 is 32.5. The van der Waals surface area contributed by atoms with E-state index in [-0.39, 0.29) is 38.0 Å². The largest absolute Gasteiger partial charge is 0.353 e. The summed E-state index contributed by atoms with van der Waals surface area (Å²) in [6, 6.07) is 0. The van der Waals surface area contributed by atoms with E-state index in [1.807, 2.05) is 0 Å². The van der Waals surface area contributed by atoms with Crippen molar-refractivity contribution >= 4 is 0 Å². The van der Waals surface area contributed by atoms with Crippen LogP contribution in [0.3, 0.4) is 0 Å². The molecule has 6 heteroatoms. The molecule has 3 aliphatic heterocycles. The summed E-state index contributed by atoms with van der Waals surface area (Å²) >= 11 is 0. The fourth-order valence-corrected chi connectivity index (χ4v) is 2.26. The second kappa shape index (κ2) is 3.97. The van der Waals surface area contributed by atoms with Gasteiger partial charge in [-0.2, -0.15) is 0 Å². The number of hydrogen-bond acceptors (Lipinski definition) is 6. The van der Waals surface area contributed by atoms with E-state index in [1.54, 1.807) is 7.11 Å². The van der Waals surface area contributed by atoms with Crippen LogP contribution in [0.5, 0.6) is 0 Å². The molecule has 0 N–H and O–H groups in total. The van der Waals surface area contributed by atoms with Gasteiger partial charge in [-0.3, -0.25) is 0 Å². The molecule has 0 aromatic rings. The Morgan fingerprint density at radius 3 is 2.67 bits per heavy atom. The molecule has 0 amide bonds. The standard InChI is InChI=1S/C9H14O6/c1-10-9-8-7(13-4-14-8)6-5(15-9)2-11-3-12-6/h5-9H,2-4H2,1H3. The summed E-state index contributed by atoms with van der Waals surface area (Å²) in [7, 11) is 1.59. The summed E-state index contributed by atoms with van der Waals surface area (Å²) in [6.45, 7) is 1.07. The molecule has 5 atom stereocenters. The monoisotopic (exact) mass is 218 g/mol. The van der Waals surface area contributed by atoms with Crippen molar-refractivity contribution in [2.24, 2.45) is 0 Å². The van der Waals surface area contributed by atoms with Gasteiger partial charge in [-0.05, 0) is 0 Å². The lowest BCUT2D eigenvalue weighted by atomic mass is 9.99. The minimum atomic E-state index is -0.399. The van der Waals surface area contributed by atoms with Gasteiger partial charge >= 0.3 is 0 Å². The highest BCUT2D eigenvalue weighted by molar-refractivity contribution is 4.94. The number of fused-ring (bicyclic) bond motifs is 3. The van der Waals surface area contributed by atoms with Crippen LogP contribution in [0.25, 0.3) is 0 Å². The lowest BCUT2D eigenvalue weighted by Gasteiger charge is -2.43. The fraction of sp³-hybridized carbons (Fsp3) is 1.00. The molecule has 3 rings (SSSR count). The van der Waals surface area contributed by atoms with Crippen molar-refractivity contribution in [1.82, 2.24) is 0 Å². The van der Waals surface area contributed by atoms with Crippen LogP contribution < -0.4 is 0 Å². The van der Waals surface area contributed by atoms with Crippen molar-refractivity contribution in [2.75, 3.05) is 27.3 Å². The average molecular weight is 218 g/mol. The van der Waals surface area contributed by atoms with Crippen LogP contribution in [-0.4, -0.2) is 58.0 Å². The van der Waals surface area contributed by atoms with Gasteiger partial charge in [0.15, 0.2) is 6.29 Å². The van der Waals surface area contributed by atoms with Gasteiger partial charge in [0, 0.05) is 7.11 Å². The molecule has 0 bridgehead atoms. The Kier molecular flexibility index (Phi) is 2.63. The molecule has 0 aromatic heterocycles. The lowest BCUT2D eigenvalue weighted by Crippen LogP contribution is -2.60. The van der Waals surface area contributed by atoms with Crippen molar-refractivity contribution in [2.45, 2.75) is 30.7 Å². The molecule has 0 aromatic carbocycles. The van der Waals surface area contributed by atoms with E-state index < -0.39 is 6.29 Å². The third-order valence-electron chi connectivity index (χ3n) is 2.97. The Labute approximate surface area is 87.3 Å². The Bertz CT molecular complexity index is 235. The number of methoxy groups -OCH3 is 1. The predicted molar refractivity (Wildman–Crippen MR) is 46.0 cm³/mol. The molecule has 5 unspecified atom stereocenters. The third-order valence-corrected chi connectivity index (χ3v) is 2.97. The Balaban J connectivity index is 1.79. The molecule has 86 valence electrons. The Hall–Kier alpha value is -0.240. The minimum Gasteiger partial charge on any atom is -0.353 e. The zero-order valence-electron chi connectivity index (χ0n) is 8.46. The second-order valence-electron chi connectivity index (χ2n) is 3.78. The average Bonchev–Trinajstić information content (AvgIpc) is 2.77. The van der Waals surface area contributed by atoms with E-state index >= 15 is 0 Å². The van der Waals surface area contributed by atoms with E-state index in [4.69, 9.17) is 28.4 Å². The molecular weight excluding hydrogens is 204 g/mol. The van der Waals surface area contributed by atoms with Gasteiger partial charge in [-0.25, -0.2) is 0 Å². The number of rotatable bonds is 1. The van der Waals surface area contributed by atoms with E-state index in [9.17, 15) is 0 Å². The first-order valence-electron chi connectivity index (χ1n) is 5.01. The van der Waals surface area contributed by atoms with E-state index in [0.717, 1.165) is 0 Å². The zero-order chi connectivity index (χ0) is 10.3. The summed E-state index contributed by atoms with van der Waals surface area (Å²) in [6.07, 6.45) is -0.958. The third kappa shape index (κ3) is 1.57. The first kappa shape index (κ1) is 9.95. The van der Waals surface area contributed by atoms with E-state index in [1.165, 1.54) is 0 Å². The van der Waals surface area contributed by atoms with Crippen LogP contribution in [0.15, 0.2) is 0 Å². The molecule has 3 aliphatic rings. The van der Waals surface area contributed by atoms with E-state index in [0.29, 0.717) is 6.61 Å².